The van der Waals surface area contributed by atoms with Gasteiger partial charge in [-0.05, 0) is 17.7 Å². The SMILES string of the molecule is O=C(O)c1c[nH]cc1-c1ccc(F)cc1C(F)(F)F. The van der Waals surface area contributed by atoms with E-state index in [0.29, 0.717) is 6.07 Å². The lowest BCUT2D eigenvalue weighted by Crippen LogP contribution is -2.08. The van der Waals surface area contributed by atoms with Crippen LogP contribution in [0.1, 0.15) is 15.9 Å². The summed E-state index contributed by atoms with van der Waals surface area (Å²) in [5.41, 5.74) is -2.04. The zero-order valence-corrected chi connectivity index (χ0v) is 9.25. The summed E-state index contributed by atoms with van der Waals surface area (Å²) in [6.07, 6.45) is -2.57. The summed E-state index contributed by atoms with van der Waals surface area (Å²) in [6, 6.07) is 2.10. The van der Waals surface area contributed by atoms with Crippen molar-refractivity contribution in [3.63, 3.8) is 0 Å². The maximum atomic E-state index is 13.0. The van der Waals surface area contributed by atoms with Crippen molar-refractivity contribution in [2.45, 2.75) is 6.18 Å². The van der Waals surface area contributed by atoms with E-state index >= 15 is 0 Å². The van der Waals surface area contributed by atoms with E-state index in [0.717, 1.165) is 24.5 Å². The first-order chi connectivity index (χ1) is 8.80. The third kappa shape index (κ3) is 2.44. The Morgan fingerprint density at radius 3 is 2.42 bits per heavy atom. The molecule has 100 valence electrons. The van der Waals surface area contributed by atoms with Crippen molar-refractivity contribution in [2.24, 2.45) is 0 Å². The number of rotatable bonds is 2. The number of halogens is 4. The maximum absolute atomic E-state index is 13.0. The first-order valence-corrected chi connectivity index (χ1v) is 5.08. The van der Waals surface area contributed by atoms with Crippen LogP contribution in [-0.4, -0.2) is 16.1 Å². The molecule has 0 bridgehead atoms. The highest BCUT2D eigenvalue weighted by Crippen LogP contribution is 2.38. The average Bonchev–Trinajstić information content (AvgIpc) is 2.76. The van der Waals surface area contributed by atoms with Gasteiger partial charge in [0.15, 0.2) is 0 Å². The molecule has 0 saturated heterocycles. The van der Waals surface area contributed by atoms with Crippen LogP contribution in [0.25, 0.3) is 11.1 Å². The number of aromatic carboxylic acids is 1. The Morgan fingerprint density at radius 1 is 1.16 bits per heavy atom. The summed E-state index contributed by atoms with van der Waals surface area (Å²) >= 11 is 0. The molecule has 2 N–H and O–H groups in total. The number of alkyl halides is 3. The number of carbonyl (C=O) groups is 1. The Morgan fingerprint density at radius 2 is 1.84 bits per heavy atom. The highest BCUT2D eigenvalue weighted by molar-refractivity contribution is 5.96. The second kappa shape index (κ2) is 4.42. The molecular weight excluding hydrogens is 266 g/mol. The first kappa shape index (κ1) is 13.1. The van der Waals surface area contributed by atoms with Crippen LogP contribution in [0.3, 0.4) is 0 Å². The third-order valence-corrected chi connectivity index (χ3v) is 2.55. The quantitative estimate of drug-likeness (QED) is 0.822. The molecule has 0 aliphatic rings. The van der Waals surface area contributed by atoms with E-state index in [1.165, 1.54) is 0 Å². The minimum Gasteiger partial charge on any atom is -0.478 e. The Kier molecular flexibility index (Phi) is 3.05. The highest BCUT2D eigenvalue weighted by Gasteiger charge is 2.35. The van der Waals surface area contributed by atoms with Crippen molar-refractivity contribution in [1.29, 1.82) is 0 Å². The topological polar surface area (TPSA) is 53.1 Å². The van der Waals surface area contributed by atoms with E-state index < -0.39 is 23.5 Å². The van der Waals surface area contributed by atoms with Crippen LogP contribution in [0.4, 0.5) is 17.6 Å². The van der Waals surface area contributed by atoms with Crippen molar-refractivity contribution >= 4 is 5.97 Å². The van der Waals surface area contributed by atoms with Gasteiger partial charge in [-0.3, -0.25) is 0 Å². The summed E-state index contributed by atoms with van der Waals surface area (Å²) in [6.45, 7) is 0. The number of aromatic nitrogens is 1. The maximum Gasteiger partial charge on any atom is 0.417 e. The number of hydrogen-bond acceptors (Lipinski definition) is 1. The number of H-pyrrole nitrogens is 1. The van der Waals surface area contributed by atoms with Crippen LogP contribution < -0.4 is 0 Å². The normalized spacial score (nSPS) is 11.6. The van der Waals surface area contributed by atoms with Crippen molar-refractivity contribution in [3.05, 3.63) is 47.5 Å². The van der Waals surface area contributed by atoms with Gasteiger partial charge in [-0.25, -0.2) is 9.18 Å². The lowest BCUT2D eigenvalue weighted by molar-refractivity contribution is -0.137. The third-order valence-electron chi connectivity index (χ3n) is 2.55. The van der Waals surface area contributed by atoms with E-state index in [2.05, 4.69) is 4.98 Å². The van der Waals surface area contributed by atoms with Crippen molar-refractivity contribution in [1.82, 2.24) is 4.98 Å². The fraction of sp³-hybridized carbons (Fsp3) is 0.0833. The molecule has 0 amide bonds. The molecule has 0 aliphatic carbocycles. The van der Waals surface area contributed by atoms with Crippen molar-refractivity contribution in [3.8, 4) is 11.1 Å². The molecule has 0 fully saturated rings. The second-order valence-corrected chi connectivity index (χ2v) is 3.78. The van der Waals surface area contributed by atoms with Gasteiger partial charge in [-0.2, -0.15) is 13.2 Å². The lowest BCUT2D eigenvalue weighted by Gasteiger charge is -2.12. The molecule has 2 rings (SSSR count). The van der Waals surface area contributed by atoms with Gasteiger partial charge in [-0.15, -0.1) is 0 Å². The smallest absolute Gasteiger partial charge is 0.417 e. The highest BCUT2D eigenvalue weighted by atomic mass is 19.4. The molecule has 1 heterocycles. The Labute approximate surface area is 104 Å². The molecule has 1 aromatic heterocycles. The monoisotopic (exact) mass is 273 g/mol. The van der Waals surface area contributed by atoms with Gasteiger partial charge in [0, 0.05) is 18.0 Å². The largest absolute Gasteiger partial charge is 0.478 e. The second-order valence-electron chi connectivity index (χ2n) is 3.78. The summed E-state index contributed by atoms with van der Waals surface area (Å²) in [7, 11) is 0. The molecule has 2 aromatic rings. The van der Waals surface area contributed by atoms with Crippen LogP contribution >= 0.6 is 0 Å². The lowest BCUT2D eigenvalue weighted by atomic mass is 9.98. The number of benzene rings is 1. The molecule has 3 nitrogen and oxygen atoms in total. The molecule has 0 atom stereocenters. The van der Waals surface area contributed by atoms with Crippen molar-refractivity contribution in [2.75, 3.05) is 0 Å². The number of carboxylic acid groups (broad SMARTS) is 1. The van der Waals surface area contributed by atoms with Gasteiger partial charge in [-0.1, -0.05) is 6.07 Å². The van der Waals surface area contributed by atoms with Gasteiger partial charge in [0.25, 0.3) is 0 Å². The summed E-state index contributed by atoms with van der Waals surface area (Å²) in [5, 5.41) is 8.89. The average molecular weight is 273 g/mol. The Hall–Kier alpha value is -2.31. The van der Waals surface area contributed by atoms with E-state index in [1.807, 2.05) is 0 Å². The minimum atomic E-state index is -4.77. The van der Waals surface area contributed by atoms with E-state index in [9.17, 15) is 22.4 Å². The number of carboxylic acids is 1. The van der Waals surface area contributed by atoms with Gasteiger partial charge in [0.2, 0.25) is 0 Å². The van der Waals surface area contributed by atoms with Crippen molar-refractivity contribution < 1.29 is 27.5 Å². The van der Waals surface area contributed by atoms with Gasteiger partial charge >= 0.3 is 12.1 Å². The molecule has 0 unspecified atom stereocenters. The molecule has 0 aliphatic heterocycles. The number of hydrogen-bond donors (Lipinski definition) is 2. The molecule has 1 aromatic carbocycles. The Bertz CT molecular complexity index is 631. The zero-order valence-electron chi connectivity index (χ0n) is 9.25. The van der Waals surface area contributed by atoms with E-state index in [-0.39, 0.29) is 16.7 Å². The van der Waals surface area contributed by atoms with Crippen LogP contribution in [0.2, 0.25) is 0 Å². The molecule has 0 spiro atoms. The number of nitrogens with one attached hydrogen (secondary N) is 1. The molecule has 7 heteroatoms. The fourth-order valence-corrected chi connectivity index (χ4v) is 1.75. The fourth-order valence-electron chi connectivity index (χ4n) is 1.75. The van der Waals surface area contributed by atoms with E-state index in [1.54, 1.807) is 0 Å². The summed E-state index contributed by atoms with van der Waals surface area (Å²) in [4.78, 5) is 13.3. The van der Waals surface area contributed by atoms with Crippen LogP contribution in [-0.2, 0) is 6.18 Å². The first-order valence-electron chi connectivity index (χ1n) is 5.08. The summed E-state index contributed by atoms with van der Waals surface area (Å²) in [5.74, 6) is -2.41. The minimum absolute atomic E-state index is 0.139. The zero-order chi connectivity index (χ0) is 14.2. The predicted octanol–water partition coefficient (Wildman–Crippen LogP) is 3.54. The molecular formula is C12H7F4NO2. The summed E-state index contributed by atoms with van der Waals surface area (Å²) < 4.78 is 51.4. The van der Waals surface area contributed by atoms with E-state index in [4.69, 9.17) is 5.11 Å². The van der Waals surface area contributed by atoms with Crippen LogP contribution in [0.5, 0.6) is 0 Å². The van der Waals surface area contributed by atoms with Gasteiger partial charge in [0.1, 0.15) is 5.82 Å². The molecule has 19 heavy (non-hydrogen) atoms. The molecule has 0 saturated carbocycles. The Balaban J connectivity index is 2.69. The number of aromatic amines is 1. The van der Waals surface area contributed by atoms with Gasteiger partial charge < -0.3 is 10.1 Å². The van der Waals surface area contributed by atoms with Gasteiger partial charge in [0.05, 0.1) is 11.1 Å². The predicted molar refractivity (Wildman–Crippen MR) is 58.1 cm³/mol. The van der Waals surface area contributed by atoms with Crippen LogP contribution in [0, 0.1) is 5.82 Å². The standard InChI is InChI=1S/C12H7F4NO2/c13-6-1-2-7(10(3-6)12(14,15)16)8-4-17-5-9(8)11(18)19/h1-5,17H,(H,18,19). The molecule has 0 radical (unpaired) electrons. The van der Waals surface area contributed by atoms with Crippen LogP contribution in [0.15, 0.2) is 30.6 Å².